The maximum Gasteiger partial charge on any atom is 0.0972 e. The molecular formula is C28H34ClN7. The highest BCUT2D eigenvalue weighted by Crippen LogP contribution is 2.33. The second-order valence-electron chi connectivity index (χ2n) is 9.12. The molecule has 1 aliphatic carbocycles. The molecule has 1 atom stereocenters. The van der Waals surface area contributed by atoms with Gasteiger partial charge in [0.25, 0.3) is 0 Å². The van der Waals surface area contributed by atoms with Gasteiger partial charge in [-0.25, -0.2) is 4.68 Å². The number of halogens is 1. The molecule has 3 heterocycles. The van der Waals surface area contributed by atoms with Crippen molar-refractivity contribution in [3.05, 3.63) is 102 Å². The van der Waals surface area contributed by atoms with Crippen LogP contribution in [0, 0.1) is 0 Å². The average Bonchev–Trinajstić information content (AvgIpc) is 3.39. The van der Waals surface area contributed by atoms with Crippen LogP contribution in [0.5, 0.6) is 0 Å². The predicted octanol–water partition coefficient (Wildman–Crippen LogP) is 4.93. The number of benzene rings is 1. The molecule has 0 saturated carbocycles. The van der Waals surface area contributed by atoms with Crippen LogP contribution >= 0.6 is 12.4 Å². The fraction of sp³-hybridized carbons (Fsp3) is 0.357. The van der Waals surface area contributed by atoms with Crippen molar-refractivity contribution in [2.24, 2.45) is 0 Å². The molecule has 1 aliphatic rings. The highest BCUT2D eigenvalue weighted by atomic mass is 35.5. The molecule has 3 aromatic heterocycles. The largest absolute Gasteiger partial charge is 0.311 e. The van der Waals surface area contributed by atoms with Crippen LogP contribution in [-0.2, 0) is 19.5 Å². The van der Waals surface area contributed by atoms with Crippen LogP contribution in [0.3, 0.4) is 0 Å². The minimum absolute atomic E-state index is 0. The topological polar surface area (TPSA) is 71.8 Å². The van der Waals surface area contributed by atoms with Gasteiger partial charge in [0.1, 0.15) is 0 Å². The Morgan fingerprint density at radius 3 is 2.64 bits per heavy atom. The van der Waals surface area contributed by atoms with Crippen LogP contribution in [0.25, 0.3) is 5.69 Å². The molecule has 0 spiro atoms. The monoisotopic (exact) mass is 503 g/mol. The van der Waals surface area contributed by atoms with E-state index in [2.05, 4.69) is 62.0 Å². The molecule has 0 aliphatic heterocycles. The number of para-hydroxylation sites is 1. The zero-order valence-electron chi connectivity index (χ0n) is 20.5. The van der Waals surface area contributed by atoms with Gasteiger partial charge >= 0.3 is 0 Å². The summed E-state index contributed by atoms with van der Waals surface area (Å²) in [5.74, 6) is 0. The molecule has 8 heteroatoms. The molecule has 36 heavy (non-hydrogen) atoms. The van der Waals surface area contributed by atoms with Gasteiger partial charge in [0.05, 0.1) is 35.0 Å². The molecule has 0 bridgehead atoms. The highest BCUT2D eigenvalue weighted by molar-refractivity contribution is 5.85. The standard InChI is InChI=1S/C28H33N7.ClH/c1-2-13-26(14-3-1)35-22-25(32-33-35)21-34(27-15-8-10-23-11-9-18-31-28(23)27)19-7-6-16-29-20-24-12-4-5-17-30-24;/h1-5,9,11-14,17-18,22,27,29H,6-8,10,15-16,19-21H2;1H. The number of aryl methyl sites for hydroxylation is 1. The van der Waals surface area contributed by atoms with Gasteiger partial charge in [-0.2, -0.15) is 0 Å². The first-order valence-electron chi connectivity index (χ1n) is 12.6. The van der Waals surface area contributed by atoms with Crippen molar-refractivity contribution in [2.75, 3.05) is 13.1 Å². The third kappa shape index (κ3) is 6.75. The molecule has 7 nitrogen and oxygen atoms in total. The van der Waals surface area contributed by atoms with E-state index in [4.69, 9.17) is 4.98 Å². The summed E-state index contributed by atoms with van der Waals surface area (Å²) in [5.41, 5.74) is 5.73. The summed E-state index contributed by atoms with van der Waals surface area (Å²) in [6.07, 6.45) is 11.5. The van der Waals surface area contributed by atoms with Crippen LogP contribution in [-0.4, -0.2) is 43.0 Å². The number of hydrogen-bond donors (Lipinski definition) is 1. The number of nitrogens with one attached hydrogen (secondary N) is 1. The summed E-state index contributed by atoms with van der Waals surface area (Å²) in [5, 5.41) is 12.4. The molecule has 4 aromatic rings. The molecular weight excluding hydrogens is 470 g/mol. The van der Waals surface area contributed by atoms with Crippen LogP contribution in [0.4, 0.5) is 0 Å². The minimum Gasteiger partial charge on any atom is -0.311 e. The van der Waals surface area contributed by atoms with Gasteiger partial charge in [0.15, 0.2) is 0 Å². The Bertz CT molecular complexity index is 1180. The molecule has 1 N–H and O–H groups in total. The van der Waals surface area contributed by atoms with Gasteiger partial charge in [0.2, 0.25) is 0 Å². The fourth-order valence-electron chi connectivity index (χ4n) is 4.86. The van der Waals surface area contributed by atoms with Crippen LogP contribution in [0.2, 0.25) is 0 Å². The Kier molecular flexibility index (Phi) is 9.55. The van der Waals surface area contributed by atoms with Crippen molar-refractivity contribution in [1.29, 1.82) is 0 Å². The van der Waals surface area contributed by atoms with Gasteiger partial charge < -0.3 is 5.32 Å². The van der Waals surface area contributed by atoms with E-state index in [0.29, 0.717) is 6.04 Å². The van der Waals surface area contributed by atoms with Gasteiger partial charge in [-0.05, 0) is 81.1 Å². The van der Waals surface area contributed by atoms with E-state index in [1.807, 2.05) is 47.4 Å². The maximum absolute atomic E-state index is 4.81. The first-order chi connectivity index (χ1) is 17.4. The Morgan fingerprint density at radius 1 is 0.917 bits per heavy atom. The molecule has 5 rings (SSSR count). The predicted molar refractivity (Wildman–Crippen MR) is 144 cm³/mol. The Hall–Kier alpha value is -3.13. The van der Waals surface area contributed by atoms with Gasteiger partial charge in [-0.1, -0.05) is 35.5 Å². The van der Waals surface area contributed by atoms with Crippen LogP contribution in [0.1, 0.15) is 54.4 Å². The highest BCUT2D eigenvalue weighted by Gasteiger charge is 2.27. The lowest BCUT2D eigenvalue weighted by Gasteiger charge is -2.34. The second-order valence-corrected chi connectivity index (χ2v) is 9.12. The summed E-state index contributed by atoms with van der Waals surface area (Å²) in [6, 6.07) is 20.8. The normalized spacial score (nSPS) is 14.9. The molecule has 1 unspecified atom stereocenters. The average molecular weight is 504 g/mol. The zero-order valence-corrected chi connectivity index (χ0v) is 21.4. The lowest BCUT2D eigenvalue weighted by atomic mass is 9.90. The van der Waals surface area contributed by atoms with Crippen molar-refractivity contribution in [3.63, 3.8) is 0 Å². The minimum atomic E-state index is 0. The summed E-state index contributed by atoms with van der Waals surface area (Å²) in [6.45, 7) is 3.57. The number of rotatable bonds is 11. The van der Waals surface area contributed by atoms with Crippen molar-refractivity contribution >= 4 is 12.4 Å². The van der Waals surface area contributed by atoms with E-state index in [1.54, 1.807) is 0 Å². The fourth-order valence-corrected chi connectivity index (χ4v) is 4.86. The van der Waals surface area contributed by atoms with Crippen molar-refractivity contribution in [1.82, 2.24) is 35.2 Å². The second kappa shape index (κ2) is 13.3. The molecule has 1 aromatic carbocycles. The van der Waals surface area contributed by atoms with E-state index in [1.165, 1.54) is 17.7 Å². The number of unbranched alkanes of at least 4 members (excludes halogenated alkanes) is 1. The molecule has 0 fully saturated rings. The van der Waals surface area contributed by atoms with E-state index < -0.39 is 0 Å². The van der Waals surface area contributed by atoms with Gasteiger partial charge in [0, 0.05) is 25.5 Å². The Morgan fingerprint density at radius 2 is 1.78 bits per heavy atom. The lowest BCUT2D eigenvalue weighted by molar-refractivity contribution is 0.160. The van der Waals surface area contributed by atoms with E-state index in [0.717, 1.165) is 68.9 Å². The summed E-state index contributed by atoms with van der Waals surface area (Å²) in [4.78, 5) is 11.7. The number of fused-ring (bicyclic) bond motifs is 1. The summed E-state index contributed by atoms with van der Waals surface area (Å²) in [7, 11) is 0. The number of hydrogen-bond acceptors (Lipinski definition) is 6. The molecule has 0 saturated heterocycles. The maximum atomic E-state index is 4.81. The van der Waals surface area contributed by atoms with E-state index >= 15 is 0 Å². The number of aromatic nitrogens is 5. The number of pyridine rings is 2. The van der Waals surface area contributed by atoms with Crippen molar-refractivity contribution in [3.8, 4) is 5.69 Å². The van der Waals surface area contributed by atoms with Gasteiger partial charge in [-0.3, -0.25) is 14.9 Å². The first-order valence-corrected chi connectivity index (χ1v) is 12.6. The molecule has 188 valence electrons. The van der Waals surface area contributed by atoms with Gasteiger partial charge in [-0.15, -0.1) is 17.5 Å². The van der Waals surface area contributed by atoms with Crippen molar-refractivity contribution < 1.29 is 0 Å². The Balaban J connectivity index is 0.00000304. The summed E-state index contributed by atoms with van der Waals surface area (Å²) < 4.78 is 1.86. The molecule has 0 radical (unpaired) electrons. The SMILES string of the molecule is Cl.c1ccc(-n2cc(CN(CCCCNCc3ccccn3)C3CCCc4cccnc43)nn2)cc1. The third-order valence-corrected chi connectivity index (χ3v) is 6.61. The quantitative estimate of drug-likeness (QED) is 0.293. The zero-order chi connectivity index (χ0) is 23.7. The lowest BCUT2D eigenvalue weighted by Crippen LogP contribution is -2.33. The number of nitrogens with zero attached hydrogens (tertiary/aromatic N) is 6. The summed E-state index contributed by atoms with van der Waals surface area (Å²) >= 11 is 0. The first kappa shape index (κ1) is 25.9. The third-order valence-electron chi connectivity index (χ3n) is 6.61. The van der Waals surface area contributed by atoms with Crippen LogP contribution in [0.15, 0.2) is 79.3 Å². The Labute approximate surface area is 219 Å². The van der Waals surface area contributed by atoms with Crippen molar-refractivity contribution in [2.45, 2.75) is 51.2 Å². The smallest absolute Gasteiger partial charge is 0.0972 e. The van der Waals surface area contributed by atoms with E-state index in [9.17, 15) is 0 Å². The van der Waals surface area contributed by atoms with E-state index in [-0.39, 0.29) is 12.4 Å². The molecule has 0 amide bonds. The van der Waals surface area contributed by atoms with Crippen LogP contribution < -0.4 is 5.32 Å².